The predicted octanol–water partition coefficient (Wildman–Crippen LogP) is 3.69. The van der Waals surface area contributed by atoms with Crippen LogP contribution in [0, 0.1) is 34.5 Å². The molecule has 112 valence electrons. The number of nitrogens with zero attached hydrogens (tertiary/aromatic N) is 3. The number of benzene rings is 2. The smallest absolute Gasteiger partial charge is 0.296 e. The monoisotopic (exact) mass is 307 g/mol. The normalized spacial score (nSPS) is 9.70. The molecule has 0 aliphatic carbocycles. The first kappa shape index (κ1) is 15.5. The van der Waals surface area contributed by atoms with E-state index in [0.29, 0.717) is 5.75 Å². The Labute approximate surface area is 131 Å². The van der Waals surface area contributed by atoms with Crippen LogP contribution in [0.3, 0.4) is 0 Å². The van der Waals surface area contributed by atoms with Gasteiger partial charge in [0.1, 0.15) is 23.3 Å². The Hall–Kier alpha value is -3.84. The molecule has 2 aromatic carbocycles. The fourth-order valence-electron chi connectivity index (χ4n) is 1.57. The van der Waals surface area contributed by atoms with Crippen molar-refractivity contribution in [1.29, 1.82) is 0 Å². The molecule has 7 nitrogen and oxygen atoms in total. The molecule has 0 heterocycles. The third kappa shape index (κ3) is 4.06. The van der Waals surface area contributed by atoms with E-state index in [1.54, 1.807) is 6.07 Å². The van der Waals surface area contributed by atoms with Gasteiger partial charge in [0.25, 0.3) is 5.69 Å². The number of phenols is 1. The Kier molecular flexibility index (Phi) is 4.90. The van der Waals surface area contributed by atoms with Gasteiger partial charge >= 0.3 is 0 Å². The van der Waals surface area contributed by atoms with Gasteiger partial charge in [-0.05, 0) is 24.1 Å². The van der Waals surface area contributed by atoms with E-state index in [2.05, 4.69) is 28.2 Å². The SMILES string of the molecule is C#CC#COc1ccc(O)c(N=Nc2ccccc2[N+](=O)[O-])c1. The molecule has 0 unspecified atom stereocenters. The van der Waals surface area contributed by atoms with Crippen molar-refractivity contribution in [2.75, 3.05) is 0 Å². The number of nitro benzene ring substituents is 1. The molecule has 0 saturated carbocycles. The van der Waals surface area contributed by atoms with Crippen molar-refractivity contribution in [3.8, 4) is 35.9 Å². The number of hydrogen-bond acceptors (Lipinski definition) is 6. The number of nitro groups is 1. The molecule has 0 fully saturated rings. The van der Waals surface area contributed by atoms with Gasteiger partial charge in [0.05, 0.1) is 4.92 Å². The molecule has 2 rings (SSSR count). The van der Waals surface area contributed by atoms with Crippen LogP contribution in [-0.4, -0.2) is 10.0 Å². The van der Waals surface area contributed by atoms with Crippen LogP contribution < -0.4 is 4.74 Å². The molecule has 2 aromatic rings. The number of aromatic hydroxyl groups is 1. The van der Waals surface area contributed by atoms with Crippen molar-refractivity contribution < 1.29 is 14.8 Å². The Morgan fingerprint density at radius 2 is 1.91 bits per heavy atom. The minimum atomic E-state index is -0.566. The molecule has 0 saturated heterocycles. The Bertz CT molecular complexity index is 873. The van der Waals surface area contributed by atoms with Crippen molar-refractivity contribution in [3.63, 3.8) is 0 Å². The fourth-order valence-corrected chi connectivity index (χ4v) is 1.57. The minimum Gasteiger partial charge on any atom is -0.506 e. The average Bonchev–Trinajstić information content (AvgIpc) is 2.55. The van der Waals surface area contributed by atoms with Gasteiger partial charge in [-0.25, -0.2) is 0 Å². The maximum absolute atomic E-state index is 10.9. The predicted molar refractivity (Wildman–Crippen MR) is 82.6 cm³/mol. The van der Waals surface area contributed by atoms with Crippen LogP contribution in [0.4, 0.5) is 17.1 Å². The number of hydrogen-bond donors (Lipinski definition) is 1. The second kappa shape index (κ2) is 7.25. The van der Waals surface area contributed by atoms with Crippen molar-refractivity contribution in [2.24, 2.45) is 10.2 Å². The second-order valence-corrected chi connectivity index (χ2v) is 4.07. The largest absolute Gasteiger partial charge is 0.506 e. The Morgan fingerprint density at radius 1 is 1.17 bits per heavy atom. The molecule has 0 aromatic heterocycles. The van der Waals surface area contributed by atoms with Gasteiger partial charge in [-0.2, -0.15) is 0 Å². The van der Waals surface area contributed by atoms with E-state index in [4.69, 9.17) is 11.2 Å². The zero-order valence-corrected chi connectivity index (χ0v) is 11.6. The van der Waals surface area contributed by atoms with E-state index in [1.807, 2.05) is 0 Å². The van der Waals surface area contributed by atoms with E-state index >= 15 is 0 Å². The second-order valence-electron chi connectivity index (χ2n) is 4.07. The van der Waals surface area contributed by atoms with Crippen molar-refractivity contribution in [3.05, 3.63) is 52.6 Å². The summed E-state index contributed by atoms with van der Waals surface area (Å²) in [5.41, 5.74) is -0.0541. The molecule has 0 bridgehead atoms. The van der Waals surface area contributed by atoms with Gasteiger partial charge in [0, 0.05) is 18.1 Å². The molecule has 1 N–H and O–H groups in total. The number of rotatable bonds is 4. The van der Waals surface area contributed by atoms with Crippen LogP contribution in [0.15, 0.2) is 52.7 Å². The zero-order chi connectivity index (χ0) is 16.7. The average molecular weight is 307 g/mol. The number of terminal acetylenes is 1. The van der Waals surface area contributed by atoms with E-state index in [-0.39, 0.29) is 22.8 Å². The van der Waals surface area contributed by atoms with Crippen molar-refractivity contribution in [2.45, 2.75) is 0 Å². The lowest BCUT2D eigenvalue weighted by Crippen LogP contribution is -1.87. The summed E-state index contributed by atoms with van der Waals surface area (Å²) in [6.07, 6.45) is 7.23. The van der Waals surface area contributed by atoms with Crippen LogP contribution in [0.1, 0.15) is 0 Å². The summed E-state index contributed by atoms with van der Waals surface area (Å²) in [6, 6.07) is 10.0. The van der Waals surface area contributed by atoms with Crippen LogP contribution in [0.25, 0.3) is 0 Å². The summed E-state index contributed by atoms with van der Waals surface area (Å²) in [5, 5.41) is 28.3. The number of phenolic OH excluding ortho intramolecular Hbond substituents is 1. The Morgan fingerprint density at radius 3 is 2.65 bits per heavy atom. The lowest BCUT2D eigenvalue weighted by Gasteiger charge is -2.01. The van der Waals surface area contributed by atoms with Gasteiger partial charge < -0.3 is 9.84 Å². The lowest BCUT2D eigenvalue weighted by molar-refractivity contribution is -0.384. The third-order valence-electron chi connectivity index (χ3n) is 2.58. The molecule has 0 spiro atoms. The van der Waals surface area contributed by atoms with Crippen molar-refractivity contribution >= 4 is 17.1 Å². The van der Waals surface area contributed by atoms with Crippen LogP contribution in [0.2, 0.25) is 0 Å². The first-order valence-electron chi connectivity index (χ1n) is 6.22. The van der Waals surface area contributed by atoms with Gasteiger partial charge in [-0.1, -0.05) is 12.1 Å². The molecule has 23 heavy (non-hydrogen) atoms. The maximum atomic E-state index is 10.9. The molecular weight excluding hydrogens is 298 g/mol. The van der Waals surface area contributed by atoms with Crippen LogP contribution >= 0.6 is 0 Å². The minimum absolute atomic E-state index is 0.0651. The topological polar surface area (TPSA) is 97.3 Å². The van der Waals surface area contributed by atoms with Gasteiger partial charge in [-0.3, -0.25) is 10.1 Å². The van der Waals surface area contributed by atoms with E-state index in [0.717, 1.165) is 0 Å². The molecular formula is C16H9N3O4. The summed E-state index contributed by atoms with van der Waals surface area (Å²) in [6.45, 7) is 0. The number of ether oxygens (including phenoxy) is 1. The standard InChI is InChI=1S/C16H9N3O4/c1-2-3-10-23-12-8-9-16(20)14(11-12)18-17-13-6-4-5-7-15(13)19(21)22/h1,4-9,11,20H. The zero-order valence-electron chi connectivity index (χ0n) is 11.6. The maximum Gasteiger partial charge on any atom is 0.296 e. The molecule has 0 radical (unpaired) electrons. The number of para-hydroxylation sites is 1. The van der Waals surface area contributed by atoms with Crippen LogP contribution in [0.5, 0.6) is 11.5 Å². The highest BCUT2D eigenvalue weighted by molar-refractivity contribution is 5.58. The molecule has 0 atom stereocenters. The van der Waals surface area contributed by atoms with E-state index in [1.165, 1.54) is 36.4 Å². The lowest BCUT2D eigenvalue weighted by atomic mass is 10.3. The third-order valence-corrected chi connectivity index (χ3v) is 2.58. The quantitative estimate of drug-likeness (QED) is 0.403. The van der Waals surface area contributed by atoms with Gasteiger partial charge in [0.2, 0.25) is 0 Å². The van der Waals surface area contributed by atoms with E-state index < -0.39 is 4.92 Å². The van der Waals surface area contributed by atoms with Gasteiger partial charge in [-0.15, -0.1) is 16.7 Å². The summed E-state index contributed by atoms with van der Waals surface area (Å²) < 4.78 is 5.03. The summed E-state index contributed by atoms with van der Waals surface area (Å²) in [5.74, 6) is 4.49. The summed E-state index contributed by atoms with van der Waals surface area (Å²) >= 11 is 0. The van der Waals surface area contributed by atoms with Gasteiger partial charge in [0.15, 0.2) is 5.69 Å². The number of azo groups is 1. The molecule has 0 aliphatic heterocycles. The molecule has 7 heteroatoms. The highest BCUT2D eigenvalue weighted by Crippen LogP contribution is 2.33. The first-order valence-corrected chi connectivity index (χ1v) is 6.22. The highest BCUT2D eigenvalue weighted by Gasteiger charge is 2.12. The van der Waals surface area contributed by atoms with Crippen LogP contribution in [-0.2, 0) is 0 Å². The highest BCUT2D eigenvalue weighted by atomic mass is 16.6. The molecule has 0 aliphatic rings. The summed E-state index contributed by atoms with van der Waals surface area (Å²) in [4.78, 5) is 10.3. The Balaban J connectivity index is 2.31. The fraction of sp³-hybridized carbons (Fsp3) is 0. The van der Waals surface area contributed by atoms with Crippen molar-refractivity contribution in [1.82, 2.24) is 0 Å². The molecule has 0 amide bonds. The van der Waals surface area contributed by atoms with E-state index in [9.17, 15) is 15.2 Å². The summed E-state index contributed by atoms with van der Waals surface area (Å²) in [7, 11) is 0. The first-order chi connectivity index (χ1) is 11.1.